The van der Waals surface area contributed by atoms with Crippen molar-refractivity contribution in [2.75, 3.05) is 19.7 Å². The third-order valence-corrected chi connectivity index (χ3v) is 6.12. The Hall–Kier alpha value is -3.10. The van der Waals surface area contributed by atoms with Gasteiger partial charge in [-0.15, -0.1) is 0 Å². The average Bonchev–Trinajstić information content (AvgIpc) is 3.23. The van der Waals surface area contributed by atoms with Crippen molar-refractivity contribution in [2.45, 2.75) is 56.7 Å². The Morgan fingerprint density at radius 2 is 1.90 bits per heavy atom. The van der Waals surface area contributed by atoms with Crippen LogP contribution in [0.1, 0.15) is 48.9 Å². The fourth-order valence-corrected chi connectivity index (χ4v) is 4.16. The fraction of sp³-hybridized carbons (Fsp3) is 0.545. The Bertz CT molecular complexity index is 869. The van der Waals surface area contributed by atoms with Gasteiger partial charge in [0.2, 0.25) is 17.7 Å². The van der Waals surface area contributed by atoms with Crippen molar-refractivity contribution in [2.24, 2.45) is 0 Å². The van der Waals surface area contributed by atoms with Gasteiger partial charge < -0.3 is 25.6 Å². The minimum Gasteiger partial charge on any atom is -0.491 e. The van der Waals surface area contributed by atoms with Gasteiger partial charge in [-0.2, -0.15) is 0 Å². The molecule has 0 bridgehead atoms. The van der Waals surface area contributed by atoms with Crippen molar-refractivity contribution in [3.8, 4) is 5.75 Å². The maximum Gasteiger partial charge on any atom is 0.255 e. The van der Waals surface area contributed by atoms with Crippen LogP contribution >= 0.6 is 0 Å². The van der Waals surface area contributed by atoms with E-state index >= 15 is 0 Å². The third kappa shape index (κ3) is 4.81. The largest absolute Gasteiger partial charge is 0.491 e. The number of fused-ring (bicyclic) bond motifs is 2. The number of benzene rings is 1. The third-order valence-electron chi connectivity index (χ3n) is 6.12. The Balaban J connectivity index is 1.60. The minimum atomic E-state index is -1.03. The zero-order valence-electron chi connectivity index (χ0n) is 17.4. The van der Waals surface area contributed by atoms with Gasteiger partial charge >= 0.3 is 0 Å². The van der Waals surface area contributed by atoms with Crippen LogP contribution in [0.4, 0.5) is 0 Å². The highest BCUT2D eigenvalue weighted by molar-refractivity contribution is 6.01. The molecule has 3 aliphatic rings. The van der Waals surface area contributed by atoms with Crippen LogP contribution in [0.2, 0.25) is 0 Å². The predicted octanol–water partition coefficient (Wildman–Crippen LogP) is 0.343. The van der Waals surface area contributed by atoms with Gasteiger partial charge in [0.05, 0.1) is 18.5 Å². The maximum absolute atomic E-state index is 13.0. The molecule has 9 heteroatoms. The summed E-state index contributed by atoms with van der Waals surface area (Å²) in [5.41, 5.74) is 0.277. The molecule has 2 heterocycles. The van der Waals surface area contributed by atoms with Crippen molar-refractivity contribution >= 4 is 23.6 Å². The summed E-state index contributed by atoms with van der Waals surface area (Å²) < 4.78 is 5.71. The summed E-state index contributed by atoms with van der Waals surface area (Å²) in [5, 5.41) is 8.45. The lowest BCUT2D eigenvalue weighted by Crippen LogP contribution is -2.54. The van der Waals surface area contributed by atoms with Gasteiger partial charge in [-0.05, 0) is 44.2 Å². The highest BCUT2D eigenvalue weighted by Gasteiger charge is 2.37. The summed E-state index contributed by atoms with van der Waals surface area (Å²) in [7, 11) is 0. The number of hydrogen-bond acceptors (Lipinski definition) is 5. The summed E-state index contributed by atoms with van der Waals surface area (Å²) in [4.78, 5) is 53.0. The number of hydrogen-bond donors (Lipinski definition) is 3. The fourth-order valence-electron chi connectivity index (χ4n) is 4.16. The van der Waals surface area contributed by atoms with Crippen molar-refractivity contribution in [1.82, 2.24) is 20.9 Å². The lowest BCUT2D eigenvalue weighted by atomic mass is 9.93. The molecule has 31 heavy (non-hydrogen) atoms. The number of amides is 4. The molecule has 1 aliphatic carbocycles. The number of rotatable bonds is 2. The number of nitrogens with zero attached hydrogens (tertiary/aromatic N) is 1. The molecule has 0 spiro atoms. The zero-order chi connectivity index (χ0) is 21.8. The monoisotopic (exact) mass is 428 g/mol. The highest BCUT2D eigenvalue weighted by Crippen LogP contribution is 2.22. The van der Waals surface area contributed by atoms with E-state index in [4.69, 9.17) is 4.74 Å². The van der Waals surface area contributed by atoms with E-state index in [2.05, 4.69) is 16.0 Å². The van der Waals surface area contributed by atoms with E-state index in [-0.39, 0.29) is 48.9 Å². The number of ether oxygens (including phenoxy) is 1. The van der Waals surface area contributed by atoms with Gasteiger partial charge in [0.25, 0.3) is 5.91 Å². The molecule has 9 nitrogen and oxygen atoms in total. The zero-order valence-corrected chi connectivity index (χ0v) is 17.4. The molecule has 0 aromatic heterocycles. The van der Waals surface area contributed by atoms with Crippen molar-refractivity contribution < 1.29 is 23.9 Å². The molecular weight excluding hydrogens is 400 g/mol. The molecule has 1 aromatic rings. The molecule has 1 aromatic carbocycles. The van der Waals surface area contributed by atoms with E-state index in [1.165, 1.54) is 4.90 Å². The topological polar surface area (TPSA) is 117 Å². The first-order chi connectivity index (χ1) is 15.0. The van der Waals surface area contributed by atoms with Crippen molar-refractivity contribution in [1.29, 1.82) is 0 Å². The summed E-state index contributed by atoms with van der Waals surface area (Å²) in [6.45, 7) is 0.906. The quantitative estimate of drug-likeness (QED) is 0.628. The number of para-hydroxylation sites is 1. The number of carbonyl (C=O) groups excluding carboxylic acids is 4. The Morgan fingerprint density at radius 1 is 1.10 bits per heavy atom. The summed E-state index contributed by atoms with van der Waals surface area (Å²) >= 11 is 0. The van der Waals surface area contributed by atoms with Crippen molar-refractivity contribution in [3.63, 3.8) is 0 Å². The predicted molar refractivity (Wildman–Crippen MR) is 111 cm³/mol. The molecule has 0 unspecified atom stereocenters. The molecule has 0 radical (unpaired) electrons. The van der Waals surface area contributed by atoms with Crippen LogP contribution in [0.15, 0.2) is 24.3 Å². The minimum absolute atomic E-state index is 0.0773. The standard InChI is InChI=1S/C22H28N4O5/c27-19-13-16(21(29)24-14-5-3-6-14)25-20(28)15-7-1-2-9-18(15)31-12-10-23-22(30)17-8-4-11-26(17)19/h1-2,7,9,14,16-17H,3-6,8,10-13H2,(H,23,30)(H,24,29)(H,25,28)/t16-,17-/m0/s1. The van der Waals surface area contributed by atoms with E-state index in [0.717, 1.165) is 25.7 Å². The molecule has 2 atom stereocenters. The summed E-state index contributed by atoms with van der Waals surface area (Å²) in [6, 6.07) is 5.21. The van der Waals surface area contributed by atoms with Crippen LogP contribution < -0.4 is 20.7 Å². The SMILES string of the molecule is O=C1N[C@H](C(=O)NC2CCC2)CC(=O)N2CCC[C@H]2C(=O)NCCOc2ccccc21. The van der Waals surface area contributed by atoms with Crippen LogP contribution in [-0.2, 0) is 14.4 Å². The molecule has 3 N–H and O–H groups in total. The molecule has 4 rings (SSSR count). The maximum atomic E-state index is 13.0. The molecular formula is C22H28N4O5. The molecule has 2 aliphatic heterocycles. The molecule has 166 valence electrons. The molecule has 4 amide bonds. The Morgan fingerprint density at radius 3 is 2.68 bits per heavy atom. The number of carbonyl (C=O) groups is 4. The van der Waals surface area contributed by atoms with Crippen LogP contribution in [0.5, 0.6) is 5.75 Å². The van der Waals surface area contributed by atoms with Crippen LogP contribution in [-0.4, -0.2) is 66.4 Å². The lowest BCUT2D eigenvalue weighted by molar-refractivity contribution is -0.140. The van der Waals surface area contributed by atoms with E-state index < -0.39 is 18.0 Å². The second-order valence-electron chi connectivity index (χ2n) is 8.25. The summed E-state index contributed by atoms with van der Waals surface area (Å²) in [6.07, 6.45) is 3.94. The van der Waals surface area contributed by atoms with E-state index in [1.54, 1.807) is 24.3 Å². The summed E-state index contributed by atoms with van der Waals surface area (Å²) in [5.74, 6) is -1.03. The number of nitrogens with one attached hydrogen (secondary N) is 3. The molecule has 1 saturated carbocycles. The van der Waals surface area contributed by atoms with E-state index in [0.29, 0.717) is 18.7 Å². The first-order valence-electron chi connectivity index (χ1n) is 10.9. The van der Waals surface area contributed by atoms with Crippen LogP contribution in [0.3, 0.4) is 0 Å². The Labute approximate surface area is 180 Å². The van der Waals surface area contributed by atoms with Gasteiger partial charge in [-0.3, -0.25) is 19.2 Å². The molecule has 1 saturated heterocycles. The second-order valence-corrected chi connectivity index (χ2v) is 8.25. The van der Waals surface area contributed by atoms with Gasteiger partial charge in [0.1, 0.15) is 24.4 Å². The highest BCUT2D eigenvalue weighted by atomic mass is 16.5. The first kappa shape index (κ1) is 21.1. The van der Waals surface area contributed by atoms with Crippen molar-refractivity contribution in [3.05, 3.63) is 29.8 Å². The smallest absolute Gasteiger partial charge is 0.255 e. The van der Waals surface area contributed by atoms with Gasteiger partial charge in [0.15, 0.2) is 0 Å². The first-order valence-corrected chi connectivity index (χ1v) is 10.9. The second kappa shape index (κ2) is 9.36. The van der Waals surface area contributed by atoms with E-state index in [1.807, 2.05) is 0 Å². The van der Waals surface area contributed by atoms with Gasteiger partial charge in [0, 0.05) is 12.6 Å². The molecule has 2 fully saturated rings. The van der Waals surface area contributed by atoms with Gasteiger partial charge in [-0.1, -0.05) is 12.1 Å². The normalized spacial score (nSPS) is 25.2. The van der Waals surface area contributed by atoms with Gasteiger partial charge in [-0.25, -0.2) is 0 Å². The van der Waals surface area contributed by atoms with E-state index in [9.17, 15) is 19.2 Å². The Kier molecular flexibility index (Phi) is 6.39. The average molecular weight is 428 g/mol. The van der Waals surface area contributed by atoms with Crippen LogP contribution in [0, 0.1) is 0 Å². The lowest BCUT2D eigenvalue weighted by Gasteiger charge is -2.30. The van der Waals surface area contributed by atoms with Crippen LogP contribution in [0.25, 0.3) is 0 Å².